The van der Waals surface area contributed by atoms with Crippen molar-refractivity contribution in [2.75, 3.05) is 14.2 Å². The van der Waals surface area contributed by atoms with Gasteiger partial charge in [0.25, 0.3) is 0 Å². The Kier molecular flexibility index (Phi) is 7.28. The minimum absolute atomic E-state index is 0.347. The second kappa shape index (κ2) is 10.5. The van der Waals surface area contributed by atoms with Crippen LogP contribution in [0.4, 0.5) is 0 Å². The predicted octanol–water partition coefficient (Wildman–Crippen LogP) is 4.28. The van der Waals surface area contributed by atoms with Gasteiger partial charge in [-0.3, -0.25) is 0 Å². The number of rotatable bonds is 9. The third-order valence-electron chi connectivity index (χ3n) is 4.41. The summed E-state index contributed by atoms with van der Waals surface area (Å²) in [7, 11) is 3.25. The maximum atomic E-state index is 9.01. The minimum atomic E-state index is 0.347. The highest BCUT2D eigenvalue weighted by Crippen LogP contribution is 2.28. The van der Waals surface area contributed by atoms with Crippen LogP contribution in [0, 0.1) is 11.3 Å². The van der Waals surface area contributed by atoms with Crippen molar-refractivity contribution >= 4 is 6.21 Å². The monoisotopic (exact) mass is 401 g/mol. The van der Waals surface area contributed by atoms with Crippen LogP contribution in [0.25, 0.3) is 0 Å². The first-order valence-electron chi connectivity index (χ1n) is 9.41. The molecule has 0 saturated heterocycles. The standard InChI is InChI=1S/C24H23N3O3/c1-28-22-9-4-3-8-21(22)16-27-26-15-19-10-11-23(24(13-19)29-2)30-17-20-7-5-6-18(12-20)14-25/h3-13,15,27H,16-17H2,1-2H3/b26-15+. The van der Waals surface area contributed by atoms with Gasteiger partial charge in [-0.15, -0.1) is 0 Å². The Morgan fingerprint density at radius 3 is 2.57 bits per heavy atom. The van der Waals surface area contributed by atoms with Gasteiger partial charge in [0.15, 0.2) is 11.5 Å². The molecule has 0 fully saturated rings. The summed E-state index contributed by atoms with van der Waals surface area (Å²) in [5, 5.41) is 13.3. The van der Waals surface area contributed by atoms with Crippen LogP contribution < -0.4 is 19.6 Å². The Balaban J connectivity index is 1.60. The van der Waals surface area contributed by atoms with Gasteiger partial charge in [0.1, 0.15) is 12.4 Å². The number of hydrogen-bond donors (Lipinski definition) is 1. The van der Waals surface area contributed by atoms with E-state index < -0.39 is 0 Å². The average molecular weight is 401 g/mol. The Bertz CT molecular complexity index is 1060. The summed E-state index contributed by atoms with van der Waals surface area (Å²) >= 11 is 0. The second-order valence-corrected chi connectivity index (χ2v) is 6.42. The fourth-order valence-corrected chi connectivity index (χ4v) is 2.88. The van der Waals surface area contributed by atoms with Crippen LogP contribution in [0.1, 0.15) is 22.3 Å². The van der Waals surface area contributed by atoms with E-state index in [9.17, 15) is 0 Å². The van der Waals surface area contributed by atoms with Gasteiger partial charge < -0.3 is 19.6 Å². The van der Waals surface area contributed by atoms with Crippen LogP contribution in [0.15, 0.2) is 71.8 Å². The number of nitrogens with zero attached hydrogens (tertiary/aromatic N) is 2. The van der Waals surface area contributed by atoms with E-state index in [-0.39, 0.29) is 0 Å². The van der Waals surface area contributed by atoms with E-state index in [0.717, 1.165) is 22.4 Å². The molecule has 152 valence electrons. The molecular weight excluding hydrogens is 378 g/mol. The van der Waals surface area contributed by atoms with Crippen molar-refractivity contribution in [1.82, 2.24) is 5.43 Å². The molecule has 0 unspecified atom stereocenters. The van der Waals surface area contributed by atoms with Crippen molar-refractivity contribution in [3.05, 3.63) is 89.0 Å². The van der Waals surface area contributed by atoms with Crippen molar-refractivity contribution in [2.45, 2.75) is 13.2 Å². The van der Waals surface area contributed by atoms with E-state index in [1.54, 1.807) is 32.6 Å². The summed E-state index contributed by atoms with van der Waals surface area (Å²) in [6.45, 7) is 0.903. The summed E-state index contributed by atoms with van der Waals surface area (Å²) in [4.78, 5) is 0. The van der Waals surface area contributed by atoms with Crippen LogP contribution in [-0.4, -0.2) is 20.4 Å². The largest absolute Gasteiger partial charge is 0.496 e. The van der Waals surface area contributed by atoms with Gasteiger partial charge in [-0.05, 0) is 47.5 Å². The Hall–Kier alpha value is -3.98. The highest BCUT2D eigenvalue weighted by molar-refractivity contribution is 5.80. The lowest BCUT2D eigenvalue weighted by molar-refractivity contribution is 0.284. The first-order chi connectivity index (χ1) is 14.7. The molecule has 0 aliphatic rings. The fourth-order valence-electron chi connectivity index (χ4n) is 2.88. The highest BCUT2D eigenvalue weighted by atomic mass is 16.5. The zero-order valence-corrected chi connectivity index (χ0v) is 17.0. The number of hydrazone groups is 1. The zero-order chi connectivity index (χ0) is 21.2. The second-order valence-electron chi connectivity index (χ2n) is 6.42. The number of methoxy groups -OCH3 is 2. The zero-order valence-electron chi connectivity index (χ0n) is 17.0. The molecule has 0 radical (unpaired) electrons. The SMILES string of the molecule is COc1ccccc1CN/N=C/c1ccc(OCc2cccc(C#N)c2)c(OC)c1. The normalized spacial score (nSPS) is 10.4. The smallest absolute Gasteiger partial charge is 0.161 e. The molecule has 0 amide bonds. The Morgan fingerprint density at radius 2 is 1.77 bits per heavy atom. The molecule has 3 aromatic carbocycles. The minimum Gasteiger partial charge on any atom is -0.496 e. The fraction of sp³-hybridized carbons (Fsp3) is 0.167. The van der Waals surface area contributed by atoms with E-state index in [0.29, 0.717) is 30.2 Å². The molecule has 6 nitrogen and oxygen atoms in total. The quantitative estimate of drug-likeness (QED) is 0.428. The number of nitriles is 1. The highest BCUT2D eigenvalue weighted by Gasteiger charge is 2.06. The van der Waals surface area contributed by atoms with Crippen LogP contribution in [0.5, 0.6) is 17.2 Å². The average Bonchev–Trinajstić information content (AvgIpc) is 2.81. The molecule has 3 rings (SSSR count). The molecule has 0 aliphatic heterocycles. The first-order valence-corrected chi connectivity index (χ1v) is 9.41. The molecule has 0 bridgehead atoms. The van der Waals surface area contributed by atoms with Crippen molar-refractivity contribution in [3.63, 3.8) is 0 Å². The number of para-hydroxylation sites is 1. The molecule has 6 heteroatoms. The van der Waals surface area contributed by atoms with E-state index in [2.05, 4.69) is 16.6 Å². The van der Waals surface area contributed by atoms with Gasteiger partial charge in [0, 0.05) is 5.56 Å². The topological polar surface area (TPSA) is 75.9 Å². The summed E-state index contributed by atoms with van der Waals surface area (Å²) in [6, 6.07) is 22.9. The molecule has 0 saturated carbocycles. The van der Waals surface area contributed by atoms with Gasteiger partial charge in [-0.1, -0.05) is 30.3 Å². The van der Waals surface area contributed by atoms with Crippen molar-refractivity contribution < 1.29 is 14.2 Å². The lowest BCUT2D eigenvalue weighted by Gasteiger charge is -2.11. The first kappa shape index (κ1) is 20.7. The molecule has 0 spiro atoms. The van der Waals surface area contributed by atoms with Gasteiger partial charge in [0.2, 0.25) is 0 Å². The number of ether oxygens (including phenoxy) is 3. The summed E-state index contributed by atoms with van der Waals surface area (Å²) in [5.74, 6) is 2.06. The predicted molar refractivity (Wildman–Crippen MR) is 116 cm³/mol. The van der Waals surface area contributed by atoms with Gasteiger partial charge in [0.05, 0.1) is 38.6 Å². The molecule has 30 heavy (non-hydrogen) atoms. The number of nitrogens with one attached hydrogen (secondary N) is 1. The van der Waals surface area contributed by atoms with Crippen molar-refractivity contribution in [2.24, 2.45) is 5.10 Å². The van der Waals surface area contributed by atoms with Crippen molar-refractivity contribution in [3.8, 4) is 23.3 Å². The molecule has 0 aliphatic carbocycles. The molecule has 3 aromatic rings. The third-order valence-corrected chi connectivity index (χ3v) is 4.41. The van der Waals surface area contributed by atoms with Crippen LogP contribution in [-0.2, 0) is 13.2 Å². The summed E-state index contributed by atoms with van der Waals surface area (Å²) in [6.07, 6.45) is 1.72. The van der Waals surface area contributed by atoms with E-state index in [4.69, 9.17) is 19.5 Å². The maximum Gasteiger partial charge on any atom is 0.161 e. The Morgan fingerprint density at radius 1 is 0.933 bits per heavy atom. The van der Waals surface area contributed by atoms with E-state index in [1.807, 2.05) is 54.6 Å². The lowest BCUT2D eigenvalue weighted by Crippen LogP contribution is -2.07. The van der Waals surface area contributed by atoms with Crippen LogP contribution in [0.2, 0.25) is 0 Å². The van der Waals surface area contributed by atoms with Gasteiger partial charge in [-0.25, -0.2) is 0 Å². The van der Waals surface area contributed by atoms with E-state index >= 15 is 0 Å². The number of benzene rings is 3. The number of hydrogen-bond acceptors (Lipinski definition) is 6. The van der Waals surface area contributed by atoms with Gasteiger partial charge in [-0.2, -0.15) is 10.4 Å². The van der Waals surface area contributed by atoms with Gasteiger partial charge >= 0.3 is 0 Å². The molecule has 0 heterocycles. The third kappa shape index (κ3) is 5.52. The summed E-state index contributed by atoms with van der Waals surface area (Å²) in [5.41, 5.74) is 6.45. The summed E-state index contributed by atoms with van der Waals surface area (Å²) < 4.78 is 16.7. The molecule has 1 N–H and O–H groups in total. The lowest BCUT2D eigenvalue weighted by atomic mass is 10.1. The molecule has 0 atom stereocenters. The van der Waals surface area contributed by atoms with Crippen molar-refractivity contribution in [1.29, 1.82) is 5.26 Å². The molecular formula is C24H23N3O3. The maximum absolute atomic E-state index is 9.01. The van der Waals surface area contributed by atoms with Crippen LogP contribution in [0.3, 0.4) is 0 Å². The van der Waals surface area contributed by atoms with E-state index in [1.165, 1.54) is 0 Å². The van der Waals surface area contributed by atoms with Crippen LogP contribution >= 0.6 is 0 Å². The molecule has 0 aromatic heterocycles. The Labute approximate surface area is 176 Å².